The molecule has 10 heteroatoms. The lowest BCUT2D eigenvalue weighted by Crippen LogP contribution is -2.46. The maximum Gasteiger partial charge on any atom is 0.405 e. The van der Waals surface area contributed by atoms with E-state index in [2.05, 4.69) is 25.3 Å². The topological polar surface area (TPSA) is 95.6 Å². The monoisotopic (exact) mass is 394 g/mol. The first-order valence-electron chi connectivity index (χ1n) is 8.61. The fourth-order valence-corrected chi connectivity index (χ4v) is 2.70. The SMILES string of the molecule is CC(C)[C@@H](Nc1ccnc(-c2c[nH]c3ncccc23)n1)C(=O)NCC(F)(F)F.[HH]. The van der Waals surface area contributed by atoms with Gasteiger partial charge in [0.2, 0.25) is 5.91 Å². The third-order valence-electron chi connectivity index (χ3n) is 4.06. The number of pyridine rings is 1. The van der Waals surface area contributed by atoms with Gasteiger partial charge in [0.25, 0.3) is 0 Å². The number of fused-ring (bicyclic) bond motifs is 1. The number of nitrogens with one attached hydrogen (secondary N) is 3. The summed E-state index contributed by atoms with van der Waals surface area (Å²) < 4.78 is 37.1. The molecule has 3 aromatic rings. The van der Waals surface area contributed by atoms with Gasteiger partial charge in [-0.3, -0.25) is 4.79 Å². The van der Waals surface area contributed by atoms with E-state index in [0.717, 1.165) is 10.9 Å². The van der Waals surface area contributed by atoms with E-state index in [1.165, 1.54) is 6.20 Å². The summed E-state index contributed by atoms with van der Waals surface area (Å²) in [6.45, 7) is 2.09. The molecule has 0 radical (unpaired) electrons. The molecule has 0 aromatic carbocycles. The van der Waals surface area contributed by atoms with Gasteiger partial charge < -0.3 is 15.6 Å². The van der Waals surface area contributed by atoms with Crippen molar-refractivity contribution >= 4 is 22.8 Å². The lowest BCUT2D eigenvalue weighted by molar-refractivity contribution is -0.139. The average Bonchev–Trinajstić information content (AvgIpc) is 3.08. The normalized spacial score (nSPS) is 12.9. The van der Waals surface area contributed by atoms with E-state index in [4.69, 9.17) is 0 Å². The van der Waals surface area contributed by atoms with Crippen LogP contribution in [0, 0.1) is 5.92 Å². The summed E-state index contributed by atoms with van der Waals surface area (Å²) in [5.74, 6) is -0.265. The van der Waals surface area contributed by atoms with Crippen LogP contribution in [-0.4, -0.2) is 44.6 Å². The third-order valence-corrected chi connectivity index (χ3v) is 4.06. The van der Waals surface area contributed by atoms with E-state index >= 15 is 0 Å². The van der Waals surface area contributed by atoms with Crippen LogP contribution < -0.4 is 10.6 Å². The molecule has 3 heterocycles. The number of rotatable bonds is 6. The molecule has 0 spiro atoms. The number of carbonyl (C=O) groups is 1. The molecule has 3 rings (SSSR count). The number of halogens is 3. The second kappa shape index (κ2) is 7.83. The summed E-state index contributed by atoms with van der Waals surface area (Å²) in [6, 6.07) is 4.35. The van der Waals surface area contributed by atoms with Crippen molar-refractivity contribution < 1.29 is 19.4 Å². The second-order valence-electron chi connectivity index (χ2n) is 6.57. The minimum absolute atomic E-state index is 0. The van der Waals surface area contributed by atoms with E-state index in [9.17, 15) is 18.0 Å². The Morgan fingerprint density at radius 2 is 2.04 bits per heavy atom. The zero-order chi connectivity index (χ0) is 20.3. The predicted octanol–water partition coefficient (Wildman–Crippen LogP) is 3.38. The molecule has 0 aliphatic rings. The Bertz CT molecular complexity index is 975. The summed E-state index contributed by atoms with van der Waals surface area (Å²) in [6.07, 6.45) is 0.439. The van der Waals surface area contributed by atoms with Crippen LogP contribution in [0.2, 0.25) is 0 Å². The van der Waals surface area contributed by atoms with Crippen LogP contribution in [-0.2, 0) is 4.79 Å². The fraction of sp³-hybridized carbons (Fsp3) is 0.333. The lowest BCUT2D eigenvalue weighted by atomic mass is 10.0. The van der Waals surface area contributed by atoms with Gasteiger partial charge >= 0.3 is 6.18 Å². The van der Waals surface area contributed by atoms with Gasteiger partial charge in [-0.1, -0.05) is 13.8 Å². The van der Waals surface area contributed by atoms with Crippen LogP contribution in [0.3, 0.4) is 0 Å². The molecular formula is C18H21F3N6O. The first kappa shape index (κ1) is 19.6. The van der Waals surface area contributed by atoms with E-state index in [1.807, 2.05) is 11.4 Å². The molecule has 0 saturated heterocycles. The highest BCUT2D eigenvalue weighted by Crippen LogP contribution is 2.25. The Balaban J connectivity index is 0.00000300. The number of hydrogen-bond donors (Lipinski definition) is 3. The minimum Gasteiger partial charge on any atom is -0.358 e. The molecule has 0 aliphatic carbocycles. The highest BCUT2D eigenvalue weighted by atomic mass is 19.4. The van der Waals surface area contributed by atoms with Crippen molar-refractivity contribution in [2.24, 2.45) is 5.92 Å². The highest BCUT2D eigenvalue weighted by Gasteiger charge is 2.30. The first-order chi connectivity index (χ1) is 13.2. The van der Waals surface area contributed by atoms with Crippen molar-refractivity contribution in [3.05, 3.63) is 36.8 Å². The average molecular weight is 394 g/mol. The summed E-state index contributed by atoms with van der Waals surface area (Å²) in [5, 5.41) is 5.65. The van der Waals surface area contributed by atoms with Crippen LogP contribution in [0.15, 0.2) is 36.8 Å². The van der Waals surface area contributed by atoms with Gasteiger partial charge in [-0.15, -0.1) is 0 Å². The summed E-state index contributed by atoms with van der Waals surface area (Å²) in [7, 11) is 0. The van der Waals surface area contributed by atoms with Gasteiger partial charge in [-0.05, 0) is 24.1 Å². The Morgan fingerprint density at radius 3 is 2.75 bits per heavy atom. The number of amides is 1. The second-order valence-corrected chi connectivity index (χ2v) is 6.57. The van der Waals surface area contributed by atoms with Crippen LogP contribution >= 0.6 is 0 Å². The first-order valence-corrected chi connectivity index (χ1v) is 8.61. The van der Waals surface area contributed by atoms with Crippen molar-refractivity contribution in [1.29, 1.82) is 0 Å². The molecule has 3 aromatic heterocycles. The lowest BCUT2D eigenvalue weighted by Gasteiger charge is -2.22. The number of nitrogens with zero attached hydrogens (tertiary/aromatic N) is 3. The Kier molecular flexibility index (Phi) is 5.48. The van der Waals surface area contributed by atoms with Crippen LogP contribution in [0.5, 0.6) is 0 Å². The molecule has 0 bridgehead atoms. The molecular weight excluding hydrogens is 373 g/mol. The number of carbonyl (C=O) groups excluding carboxylic acids is 1. The third kappa shape index (κ3) is 4.56. The number of hydrogen-bond acceptors (Lipinski definition) is 5. The van der Waals surface area contributed by atoms with Gasteiger partial charge in [0, 0.05) is 31.0 Å². The van der Waals surface area contributed by atoms with Crippen LogP contribution in [0.1, 0.15) is 15.3 Å². The number of aromatic amines is 1. The summed E-state index contributed by atoms with van der Waals surface area (Å²) >= 11 is 0. The highest BCUT2D eigenvalue weighted by molar-refractivity contribution is 5.91. The molecule has 1 amide bonds. The van der Waals surface area contributed by atoms with Gasteiger partial charge in [-0.2, -0.15) is 13.2 Å². The molecule has 3 N–H and O–H groups in total. The molecule has 28 heavy (non-hydrogen) atoms. The minimum atomic E-state index is -4.47. The molecule has 7 nitrogen and oxygen atoms in total. The summed E-state index contributed by atoms with van der Waals surface area (Å²) in [5.41, 5.74) is 1.42. The number of alkyl halides is 3. The van der Waals surface area contributed by atoms with Crippen molar-refractivity contribution in [2.75, 3.05) is 11.9 Å². The molecule has 1 atom stereocenters. The quantitative estimate of drug-likeness (QED) is 0.596. The predicted molar refractivity (Wildman–Crippen MR) is 101 cm³/mol. The van der Waals surface area contributed by atoms with Gasteiger partial charge in [0.05, 0.1) is 0 Å². The number of anilines is 1. The van der Waals surface area contributed by atoms with Crippen molar-refractivity contribution in [1.82, 2.24) is 25.3 Å². The largest absolute Gasteiger partial charge is 0.405 e. The Hall–Kier alpha value is -3.17. The van der Waals surface area contributed by atoms with Crippen molar-refractivity contribution in [3.8, 4) is 11.4 Å². The van der Waals surface area contributed by atoms with Crippen LogP contribution in [0.25, 0.3) is 22.4 Å². The summed E-state index contributed by atoms with van der Waals surface area (Å²) in [4.78, 5) is 28.1. The van der Waals surface area contributed by atoms with Crippen molar-refractivity contribution in [3.63, 3.8) is 0 Å². The molecule has 0 unspecified atom stereocenters. The standard InChI is InChI=1S/C18H19F3N6O.H2/c1-10(2)14(17(28)25-9-18(19,20)21)26-13-5-7-23-16(27-13)12-8-24-15-11(12)4-3-6-22-15;/h3-8,10,14H,9H2,1-2H3,(H,22,24)(H,25,28)(H,23,26,27);1H/t14-;/m1./s1. The van der Waals surface area contributed by atoms with Gasteiger partial charge in [-0.25, -0.2) is 15.0 Å². The van der Waals surface area contributed by atoms with Crippen molar-refractivity contribution in [2.45, 2.75) is 26.1 Å². The van der Waals surface area contributed by atoms with E-state index < -0.39 is 24.7 Å². The fourth-order valence-electron chi connectivity index (χ4n) is 2.70. The molecule has 0 aliphatic heterocycles. The van der Waals surface area contributed by atoms with Gasteiger partial charge in [0.15, 0.2) is 5.82 Å². The zero-order valence-electron chi connectivity index (χ0n) is 15.2. The Labute approximate surface area is 160 Å². The van der Waals surface area contributed by atoms with E-state index in [-0.39, 0.29) is 7.34 Å². The molecule has 0 saturated carbocycles. The number of aromatic nitrogens is 4. The van der Waals surface area contributed by atoms with Gasteiger partial charge in [0.1, 0.15) is 24.1 Å². The maximum atomic E-state index is 12.4. The number of H-pyrrole nitrogens is 1. The van der Waals surface area contributed by atoms with E-state index in [1.54, 1.807) is 38.4 Å². The smallest absolute Gasteiger partial charge is 0.358 e. The maximum absolute atomic E-state index is 12.4. The molecule has 0 fully saturated rings. The van der Waals surface area contributed by atoms with E-state index in [0.29, 0.717) is 17.3 Å². The Morgan fingerprint density at radius 1 is 1.25 bits per heavy atom. The zero-order valence-corrected chi connectivity index (χ0v) is 15.2. The van der Waals surface area contributed by atoms with Crippen LogP contribution in [0.4, 0.5) is 19.0 Å². The molecule has 150 valence electrons.